The number of aromatic nitrogens is 5. The van der Waals surface area contributed by atoms with Crippen LogP contribution in [0.3, 0.4) is 0 Å². The molecule has 1 aliphatic rings. The fourth-order valence-corrected chi connectivity index (χ4v) is 5.01. The lowest BCUT2D eigenvalue weighted by atomic mass is 10.1. The first-order chi connectivity index (χ1) is 14.1. The maximum Gasteiger partial charge on any atom is 0.245 e. The van der Waals surface area contributed by atoms with Gasteiger partial charge in [0.25, 0.3) is 0 Å². The number of rotatable bonds is 3. The summed E-state index contributed by atoms with van der Waals surface area (Å²) in [6.45, 7) is 0.374. The number of benzene rings is 1. The van der Waals surface area contributed by atoms with Crippen molar-refractivity contribution in [1.29, 1.82) is 0 Å². The molecule has 0 radical (unpaired) electrons. The molecule has 29 heavy (non-hydrogen) atoms. The molecule has 1 aliphatic heterocycles. The molecule has 4 aromatic rings. The molecule has 0 aliphatic carbocycles. The largest absolute Gasteiger partial charge is 0.264 e. The number of nitrogens with zero attached hydrogens (tertiary/aromatic N) is 6. The van der Waals surface area contributed by atoms with Gasteiger partial charge in [0.05, 0.1) is 24.1 Å². The minimum Gasteiger partial charge on any atom is -0.264 e. The Balaban J connectivity index is 1.68. The van der Waals surface area contributed by atoms with Crippen LogP contribution in [0.5, 0.6) is 0 Å². The normalized spacial score (nSPS) is 15.3. The Morgan fingerprint density at radius 1 is 0.931 bits per heavy atom. The van der Waals surface area contributed by atoms with Gasteiger partial charge < -0.3 is 0 Å². The summed E-state index contributed by atoms with van der Waals surface area (Å²) in [5.74, 6) is 0. The maximum absolute atomic E-state index is 13.6. The highest BCUT2D eigenvalue weighted by atomic mass is 32.2. The molecule has 0 bridgehead atoms. The van der Waals surface area contributed by atoms with Crippen molar-refractivity contribution in [2.75, 3.05) is 0 Å². The molecule has 0 unspecified atom stereocenters. The van der Waals surface area contributed by atoms with Crippen LogP contribution in [0, 0.1) is 0 Å². The van der Waals surface area contributed by atoms with Gasteiger partial charge in [0.1, 0.15) is 4.90 Å². The molecule has 8 nitrogen and oxygen atoms in total. The number of hydrogen-bond acceptors (Lipinski definition) is 6. The summed E-state index contributed by atoms with van der Waals surface area (Å²) in [6.07, 6.45) is 8.31. The molecule has 0 saturated carbocycles. The van der Waals surface area contributed by atoms with E-state index in [1.54, 1.807) is 53.9 Å². The van der Waals surface area contributed by atoms with Gasteiger partial charge in [0.15, 0.2) is 0 Å². The van der Waals surface area contributed by atoms with E-state index >= 15 is 0 Å². The predicted octanol–water partition coefficient (Wildman–Crippen LogP) is 2.43. The second-order valence-corrected chi connectivity index (χ2v) is 8.60. The molecule has 144 valence electrons. The summed E-state index contributed by atoms with van der Waals surface area (Å²) in [5.41, 5.74) is 3.60. The predicted molar refractivity (Wildman–Crippen MR) is 105 cm³/mol. The van der Waals surface area contributed by atoms with Crippen LogP contribution in [0.2, 0.25) is 0 Å². The molecular weight excluding hydrogens is 388 g/mol. The van der Waals surface area contributed by atoms with Crippen molar-refractivity contribution in [2.24, 2.45) is 0 Å². The molecule has 0 N–H and O–H groups in total. The molecule has 3 aromatic heterocycles. The van der Waals surface area contributed by atoms with Crippen molar-refractivity contribution in [2.45, 2.75) is 18.0 Å². The van der Waals surface area contributed by atoms with Crippen LogP contribution in [0.15, 0.2) is 78.3 Å². The van der Waals surface area contributed by atoms with E-state index in [-0.39, 0.29) is 18.0 Å². The van der Waals surface area contributed by atoms with Crippen LogP contribution in [-0.4, -0.2) is 37.7 Å². The zero-order valence-corrected chi connectivity index (χ0v) is 16.1. The van der Waals surface area contributed by atoms with Crippen molar-refractivity contribution in [1.82, 2.24) is 29.3 Å². The van der Waals surface area contributed by atoms with Crippen LogP contribution >= 0.6 is 0 Å². The highest BCUT2D eigenvalue weighted by molar-refractivity contribution is 7.89. The summed E-state index contributed by atoms with van der Waals surface area (Å²) in [5, 5.41) is 8.10. The zero-order valence-electron chi connectivity index (χ0n) is 15.3. The van der Waals surface area contributed by atoms with Gasteiger partial charge in [-0.2, -0.15) is 4.31 Å². The van der Waals surface area contributed by atoms with Crippen LogP contribution in [0.1, 0.15) is 11.3 Å². The number of fused-ring (bicyclic) bond motifs is 3. The maximum atomic E-state index is 13.6. The third-order valence-electron chi connectivity index (χ3n) is 4.84. The van der Waals surface area contributed by atoms with Crippen molar-refractivity contribution < 1.29 is 8.42 Å². The minimum atomic E-state index is -3.79. The van der Waals surface area contributed by atoms with E-state index in [0.717, 1.165) is 16.7 Å². The molecule has 0 saturated heterocycles. The van der Waals surface area contributed by atoms with E-state index < -0.39 is 10.0 Å². The van der Waals surface area contributed by atoms with E-state index in [4.69, 9.17) is 0 Å². The SMILES string of the molecule is O=S1(=O)c2cc(-c3cccnc3)ccc2-n2nncc2CN1Cc1cccnc1. The smallest absolute Gasteiger partial charge is 0.245 e. The Kier molecular flexibility index (Phi) is 4.18. The van der Waals surface area contributed by atoms with E-state index in [9.17, 15) is 8.42 Å². The van der Waals surface area contributed by atoms with E-state index in [1.807, 2.05) is 24.3 Å². The van der Waals surface area contributed by atoms with Gasteiger partial charge in [0.2, 0.25) is 10.0 Å². The van der Waals surface area contributed by atoms with Crippen molar-refractivity contribution in [3.63, 3.8) is 0 Å². The van der Waals surface area contributed by atoms with Crippen LogP contribution in [0.4, 0.5) is 0 Å². The quantitative estimate of drug-likeness (QED) is 0.521. The molecule has 0 amide bonds. The first-order valence-corrected chi connectivity index (χ1v) is 10.4. The lowest BCUT2D eigenvalue weighted by Gasteiger charge is -2.20. The average molecular weight is 404 g/mol. The third-order valence-corrected chi connectivity index (χ3v) is 6.66. The lowest BCUT2D eigenvalue weighted by Crippen LogP contribution is -2.29. The van der Waals surface area contributed by atoms with E-state index in [1.165, 1.54) is 4.31 Å². The van der Waals surface area contributed by atoms with Gasteiger partial charge in [-0.3, -0.25) is 9.97 Å². The highest BCUT2D eigenvalue weighted by Crippen LogP contribution is 2.33. The molecule has 0 atom stereocenters. The van der Waals surface area contributed by atoms with Gasteiger partial charge in [-0.25, -0.2) is 13.1 Å². The van der Waals surface area contributed by atoms with Crippen molar-refractivity contribution in [3.8, 4) is 16.8 Å². The zero-order chi connectivity index (χ0) is 19.8. The fourth-order valence-electron chi connectivity index (χ4n) is 3.42. The van der Waals surface area contributed by atoms with Gasteiger partial charge in [-0.1, -0.05) is 23.4 Å². The Morgan fingerprint density at radius 2 is 1.76 bits per heavy atom. The fraction of sp³-hybridized carbons (Fsp3) is 0.100. The Hall–Kier alpha value is -3.43. The van der Waals surface area contributed by atoms with Crippen LogP contribution in [-0.2, 0) is 23.1 Å². The Bertz CT molecular complexity index is 1270. The second kappa shape index (κ2) is 6.87. The molecule has 0 spiro atoms. The summed E-state index contributed by atoms with van der Waals surface area (Å²) in [6, 6.07) is 12.7. The summed E-state index contributed by atoms with van der Waals surface area (Å²) in [4.78, 5) is 8.41. The Labute approximate surface area is 167 Å². The molecule has 0 fully saturated rings. The lowest BCUT2D eigenvalue weighted by molar-refractivity contribution is 0.398. The summed E-state index contributed by atoms with van der Waals surface area (Å²) in [7, 11) is -3.79. The molecule has 1 aromatic carbocycles. The van der Waals surface area contributed by atoms with Gasteiger partial charge in [0, 0.05) is 36.9 Å². The van der Waals surface area contributed by atoms with Gasteiger partial charge in [-0.15, -0.1) is 5.10 Å². The van der Waals surface area contributed by atoms with Crippen molar-refractivity contribution >= 4 is 10.0 Å². The standard InChI is InChI=1S/C20H16N6O2S/c27-29(28)20-9-16(17-4-2-8-22-11-17)5-6-19(20)26-18(12-23-24-26)14-25(29)13-15-3-1-7-21-10-15/h1-12H,13-14H2. The number of pyridine rings is 2. The first-order valence-electron chi connectivity index (χ1n) is 8.96. The molecule has 9 heteroatoms. The van der Waals surface area contributed by atoms with E-state index in [2.05, 4.69) is 20.3 Å². The molecule has 4 heterocycles. The highest BCUT2D eigenvalue weighted by Gasteiger charge is 2.33. The topological polar surface area (TPSA) is 93.9 Å². The number of hydrogen-bond donors (Lipinski definition) is 0. The molecular formula is C20H16N6O2S. The van der Waals surface area contributed by atoms with Gasteiger partial charge >= 0.3 is 0 Å². The first kappa shape index (κ1) is 17.7. The van der Waals surface area contributed by atoms with Crippen LogP contribution in [0.25, 0.3) is 16.8 Å². The van der Waals surface area contributed by atoms with Crippen molar-refractivity contribution in [3.05, 3.63) is 84.7 Å². The number of sulfonamides is 1. The summed E-state index contributed by atoms with van der Waals surface area (Å²) < 4.78 is 30.2. The minimum absolute atomic E-state index is 0.168. The summed E-state index contributed by atoms with van der Waals surface area (Å²) >= 11 is 0. The van der Waals surface area contributed by atoms with E-state index in [0.29, 0.717) is 11.4 Å². The second-order valence-electron chi connectivity index (χ2n) is 6.70. The van der Waals surface area contributed by atoms with Gasteiger partial charge in [-0.05, 0) is 35.4 Å². The average Bonchev–Trinajstić information content (AvgIpc) is 3.19. The van der Waals surface area contributed by atoms with Crippen LogP contribution < -0.4 is 0 Å². The third kappa shape index (κ3) is 3.10. The monoisotopic (exact) mass is 404 g/mol. The molecule has 5 rings (SSSR count). The Morgan fingerprint density at radius 3 is 2.52 bits per heavy atom.